The van der Waals surface area contributed by atoms with Crippen molar-refractivity contribution in [3.05, 3.63) is 51.6 Å². The minimum atomic E-state index is -0.557. The Morgan fingerprint density at radius 2 is 2.00 bits per heavy atom. The van der Waals surface area contributed by atoms with Gasteiger partial charge in [-0.05, 0) is 25.5 Å². The van der Waals surface area contributed by atoms with Crippen LogP contribution in [0.25, 0.3) is 0 Å². The zero-order valence-corrected chi connectivity index (χ0v) is 11.8. The van der Waals surface area contributed by atoms with Crippen LogP contribution >= 0.6 is 0 Å². The van der Waals surface area contributed by atoms with E-state index in [-0.39, 0.29) is 23.9 Å². The molecular weight excluding hydrogens is 273 g/mol. The maximum atomic E-state index is 14.0. The van der Waals surface area contributed by atoms with Gasteiger partial charge >= 0.3 is 0 Å². The SMILES string of the molecule is CC(C)n1[nH]c(=O)c2c1NC(=O)C[C@@H]2c1ccccc1F. The molecule has 1 aromatic heterocycles. The van der Waals surface area contributed by atoms with Gasteiger partial charge in [-0.2, -0.15) is 0 Å². The van der Waals surface area contributed by atoms with Crippen molar-refractivity contribution in [3.8, 4) is 0 Å². The van der Waals surface area contributed by atoms with Gasteiger partial charge < -0.3 is 5.32 Å². The molecule has 2 heterocycles. The number of halogens is 1. The number of hydrogen-bond acceptors (Lipinski definition) is 2. The molecule has 1 amide bonds. The third-order valence-electron chi connectivity index (χ3n) is 3.76. The molecule has 6 heteroatoms. The first kappa shape index (κ1) is 13.6. The molecule has 1 aliphatic heterocycles. The zero-order valence-electron chi connectivity index (χ0n) is 11.8. The monoisotopic (exact) mass is 289 g/mol. The van der Waals surface area contributed by atoms with Crippen molar-refractivity contribution in [3.63, 3.8) is 0 Å². The fourth-order valence-corrected chi connectivity index (χ4v) is 2.79. The van der Waals surface area contributed by atoms with Crippen LogP contribution in [0.5, 0.6) is 0 Å². The number of anilines is 1. The van der Waals surface area contributed by atoms with E-state index in [9.17, 15) is 14.0 Å². The van der Waals surface area contributed by atoms with E-state index in [2.05, 4.69) is 10.4 Å². The zero-order chi connectivity index (χ0) is 15.1. The van der Waals surface area contributed by atoms with E-state index in [0.717, 1.165) is 0 Å². The standard InChI is InChI=1S/C15H16FN3O2/c1-8(2)19-14-13(15(21)18-19)10(7-12(20)17-14)9-5-3-4-6-11(9)16/h3-6,8,10H,7H2,1-2H3,(H,17,20)(H,18,21)/t10-/m1/s1. The molecule has 21 heavy (non-hydrogen) atoms. The fraction of sp³-hybridized carbons (Fsp3) is 0.333. The van der Waals surface area contributed by atoms with Crippen LogP contribution in [0, 0.1) is 5.82 Å². The van der Waals surface area contributed by atoms with Crippen molar-refractivity contribution in [2.75, 3.05) is 5.32 Å². The van der Waals surface area contributed by atoms with Crippen molar-refractivity contribution < 1.29 is 9.18 Å². The number of hydrogen-bond donors (Lipinski definition) is 2. The van der Waals surface area contributed by atoms with Gasteiger partial charge in [-0.1, -0.05) is 18.2 Å². The summed E-state index contributed by atoms with van der Waals surface area (Å²) in [5.41, 5.74) is 0.515. The predicted octanol–water partition coefficient (Wildman–Crippen LogP) is 2.37. The number of nitrogens with zero attached hydrogens (tertiary/aromatic N) is 1. The third-order valence-corrected chi connectivity index (χ3v) is 3.76. The van der Waals surface area contributed by atoms with Crippen LogP contribution in [-0.4, -0.2) is 15.7 Å². The number of fused-ring (bicyclic) bond motifs is 1. The summed E-state index contributed by atoms with van der Waals surface area (Å²) < 4.78 is 15.7. The van der Waals surface area contributed by atoms with Gasteiger partial charge in [-0.25, -0.2) is 4.39 Å². The molecule has 0 fully saturated rings. The number of nitrogens with one attached hydrogen (secondary N) is 2. The molecule has 0 unspecified atom stereocenters. The van der Waals surface area contributed by atoms with Gasteiger partial charge in [0.05, 0.1) is 5.56 Å². The minimum absolute atomic E-state index is 0.0129. The number of aromatic amines is 1. The van der Waals surface area contributed by atoms with Crippen molar-refractivity contribution in [2.24, 2.45) is 0 Å². The van der Waals surface area contributed by atoms with Gasteiger partial charge in [-0.3, -0.25) is 19.4 Å². The van der Waals surface area contributed by atoms with Crippen LogP contribution in [0.15, 0.2) is 29.1 Å². The second-order valence-electron chi connectivity index (χ2n) is 5.49. The van der Waals surface area contributed by atoms with E-state index in [1.165, 1.54) is 6.07 Å². The number of aromatic nitrogens is 2. The first-order chi connectivity index (χ1) is 9.99. The van der Waals surface area contributed by atoms with Gasteiger partial charge in [0, 0.05) is 18.4 Å². The average Bonchev–Trinajstić information content (AvgIpc) is 2.76. The molecular formula is C15H16FN3O2. The first-order valence-corrected chi connectivity index (χ1v) is 6.87. The Hall–Kier alpha value is -2.37. The summed E-state index contributed by atoms with van der Waals surface area (Å²) in [5, 5.41) is 5.44. The predicted molar refractivity (Wildman–Crippen MR) is 76.9 cm³/mol. The van der Waals surface area contributed by atoms with Crippen molar-refractivity contribution in [1.29, 1.82) is 0 Å². The molecule has 0 saturated heterocycles. The highest BCUT2D eigenvalue weighted by atomic mass is 19.1. The molecule has 5 nitrogen and oxygen atoms in total. The number of carbonyl (C=O) groups is 1. The molecule has 0 bridgehead atoms. The van der Waals surface area contributed by atoms with Gasteiger partial charge in [0.2, 0.25) is 5.91 Å². The fourth-order valence-electron chi connectivity index (χ4n) is 2.79. The maximum absolute atomic E-state index is 14.0. The van der Waals surface area contributed by atoms with E-state index < -0.39 is 11.7 Å². The summed E-state index contributed by atoms with van der Waals surface area (Å²) in [5.74, 6) is -0.734. The second kappa shape index (κ2) is 4.87. The van der Waals surface area contributed by atoms with E-state index >= 15 is 0 Å². The molecule has 2 N–H and O–H groups in total. The second-order valence-corrected chi connectivity index (χ2v) is 5.49. The lowest BCUT2D eigenvalue weighted by atomic mass is 9.87. The van der Waals surface area contributed by atoms with Crippen LogP contribution in [0.4, 0.5) is 10.2 Å². The summed E-state index contributed by atoms with van der Waals surface area (Å²) in [6, 6.07) is 6.25. The summed E-state index contributed by atoms with van der Waals surface area (Å²) in [4.78, 5) is 24.2. The topological polar surface area (TPSA) is 66.9 Å². The lowest BCUT2D eigenvalue weighted by Crippen LogP contribution is -2.27. The first-order valence-electron chi connectivity index (χ1n) is 6.87. The van der Waals surface area contributed by atoms with Crippen LogP contribution in [0.3, 0.4) is 0 Å². The highest BCUT2D eigenvalue weighted by molar-refractivity contribution is 5.94. The Bertz CT molecular complexity index is 761. The summed E-state index contributed by atoms with van der Waals surface area (Å²) in [6.07, 6.45) is 0.0686. The highest BCUT2D eigenvalue weighted by Gasteiger charge is 2.34. The normalized spacial score (nSPS) is 17.7. The van der Waals surface area contributed by atoms with Crippen molar-refractivity contribution >= 4 is 11.7 Å². The molecule has 110 valence electrons. The molecule has 0 spiro atoms. The quantitative estimate of drug-likeness (QED) is 0.891. The van der Waals surface area contributed by atoms with E-state index in [0.29, 0.717) is 16.9 Å². The number of H-pyrrole nitrogens is 1. The lowest BCUT2D eigenvalue weighted by Gasteiger charge is -2.24. The summed E-state index contributed by atoms with van der Waals surface area (Å²) in [6.45, 7) is 3.80. The van der Waals surface area contributed by atoms with Crippen LogP contribution < -0.4 is 10.9 Å². The Morgan fingerprint density at radius 1 is 1.29 bits per heavy atom. The molecule has 0 saturated carbocycles. The van der Waals surface area contributed by atoms with Gasteiger partial charge in [-0.15, -0.1) is 0 Å². The Kier molecular flexibility index (Phi) is 3.16. The van der Waals surface area contributed by atoms with Crippen LogP contribution in [-0.2, 0) is 4.79 Å². The van der Waals surface area contributed by atoms with E-state index in [1.54, 1.807) is 22.9 Å². The van der Waals surface area contributed by atoms with Crippen LogP contribution in [0.1, 0.15) is 43.4 Å². The van der Waals surface area contributed by atoms with Crippen molar-refractivity contribution in [1.82, 2.24) is 9.78 Å². The molecule has 1 aliphatic rings. The van der Waals surface area contributed by atoms with Gasteiger partial charge in [0.25, 0.3) is 5.56 Å². The summed E-state index contributed by atoms with van der Waals surface area (Å²) >= 11 is 0. The Balaban J connectivity index is 2.21. The molecule has 0 radical (unpaired) electrons. The highest BCUT2D eigenvalue weighted by Crippen LogP contribution is 2.36. The number of benzene rings is 1. The minimum Gasteiger partial charge on any atom is -0.311 e. The molecule has 0 aliphatic carbocycles. The number of rotatable bonds is 2. The van der Waals surface area contributed by atoms with E-state index in [1.807, 2.05) is 13.8 Å². The molecule has 1 atom stereocenters. The third kappa shape index (κ3) is 2.16. The Morgan fingerprint density at radius 3 is 2.67 bits per heavy atom. The average molecular weight is 289 g/mol. The molecule has 3 rings (SSSR count). The smallest absolute Gasteiger partial charge is 0.270 e. The largest absolute Gasteiger partial charge is 0.311 e. The van der Waals surface area contributed by atoms with E-state index in [4.69, 9.17) is 0 Å². The number of amides is 1. The van der Waals surface area contributed by atoms with Gasteiger partial charge in [0.1, 0.15) is 11.6 Å². The Labute approximate surface area is 120 Å². The number of carbonyl (C=O) groups excluding carboxylic acids is 1. The van der Waals surface area contributed by atoms with Gasteiger partial charge in [0.15, 0.2) is 0 Å². The van der Waals surface area contributed by atoms with Crippen molar-refractivity contribution in [2.45, 2.75) is 32.2 Å². The van der Waals surface area contributed by atoms with Crippen LogP contribution in [0.2, 0.25) is 0 Å². The maximum Gasteiger partial charge on any atom is 0.270 e. The summed E-state index contributed by atoms with van der Waals surface area (Å²) in [7, 11) is 0. The molecule has 1 aromatic carbocycles. The lowest BCUT2D eigenvalue weighted by molar-refractivity contribution is -0.116. The molecule has 2 aromatic rings.